The number of carbonyl (C=O) groups is 2. The molecule has 1 saturated carbocycles. The first-order valence-electron chi connectivity index (χ1n) is 9.66. The Labute approximate surface area is 171 Å². The summed E-state index contributed by atoms with van der Waals surface area (Å²) in [7, 11) is 0. The molecule has 2 fully saturated rings. The van der Waals surface area contributed by atoms with Gasteiger partial charge in [-0.1, -0.05) is 5.16 Å². The number of amides is 2. The highest BCUT2D eigenvalue weighted by atomic mass is 79.9. The Morgan fingerprint density at radius 2 is 1.93 bits per heavy atom. The third-order valence-electron chi connectivity index (χ3n) is 5.23. The van der Waals surface area contributed by atoms with Crippen LogP contribution in [0.5, 0.6) is 0 Å². The van der Waals surface area contributed by atoms with Crippen molar-refractivity contribution in [1.82, 2.24) is 15.8 Å². The maximum absolute atomic E-state index is 12.4. The monoisotopic (exact) mass is 446 g/mol. The number of aromatic nitrogens is 1. The Balaban J connectivity index is 1.35. The molecule has 148 valence electrons. The molecule has 0 unspecified atom stereocenters. The lowest BCUT2D eigenvalue weighted by atomic mass is 9.98. The van der Waals surface area contributed by atoms with Crippen molar-refractivity contribution in [1.29, 1.82) is 0 Å². The van der Waals surface area contributed by atoms with Crippen molar-refractivity contribution in [3.8, 4) is 0 Å². The largest absolute Gasteiger partial charge is 0.360 e. The number of piperidine rings is 1. The molecule has 7 nitrogen and oxygen atoms in total. The molecule has 2 amide bonds. The van der Waals surface area contributed by atoms with Gasteiger partial charge in [-0.3, -0.25) is 9.59 Å². The van der Waals surface area contributed by atoms with Gasteiger partial charge in [-0.15, -0.1) is 0 Å². The fraction of sp³-hybridized carbons (Fsp3) is 0.450. The fourth-order valence-corrected chi connectivity index (χ4v) is 3.80. The Morgan fingerprint density at radius 3 is 2.64 bits per heavy atom. The molecule has 28 heavy (non-hydrogen) atoms. The van der Waals surface area contributed by atoms with E-state index in [4.69, 9.17) is 4.52 Å². The summed E-state index contributed by atoms with van der Waals surface area (Å²) in [5, 5.41) is 13.0. The molecule has 0 spiro atoms. The second-order valence-electron chi connectivity index (χ2n) is 7.44. The van der Waals surface area contributed by atoms with E-state index in [1.54, 1.807) is 24.3 Å². The van der Waals surface area contributed by atoms with E-state index in [9.17, 15) is 9.59 Å². The topological polar surface area (TPSA) is 96.3 Å². The number of nitrogens with one attached hydrogen (secondary N) is 3. The van der Waals surface area contributed by atoms with Crippen LogP contribution in [0.1, 0.15) is 58.2 Å². The molecule has 2 aliphatic rings. The number of hydrogen-bond acceptors (Lipinski definition) is 5. The molecule has 2 aromatic rings. The highest BCUT2D eigenvalue weighted by Crippen LogP contribution is 2.40. The summed E-state index contributed by atoms with van der Waals surface area (Å²) in [4.78, 5) is 24.8. The van der Waals surface area contributed by atoms with Crippen molar-refractivity contribution in [2.45, 2.75) is 31.6 Å². The standard InChI is InChI=1S/C20H23BrN4O3/c21-15-9-14(19(26)23-11-12-5-7-22-8-6-12)3-4-16(15)24-20(27)17-10-18(28-25-17)13-1-2-13/h3-4,9-10,12-13,22H,1-2,5-8,11H2,(H,23,26)(H,24,27). The SMILES string of the molecule is O=C(NCC1CCNCC1)c1ccc(NC(=O)c2cc(C3CC3)on2)c(Br)c1. The molecule has 1 aliphatic carbocycles. The molecule has 1 aliphatic heterocycles. The van der Waals surface area contributed by atoms with Crippen LogP contribution >= 0.6 is 15.9 Å². The van der Waals surface area contributed by atoms with E-state index in [0.717, 1.165) is 44.5 Å². The maximum Gasteiger partial charge on any atom is 0.277 e. The maximum atomic E-state index is 12.4. The third-order valence-corrected chi connectivity index (χ3v) is 5.89. The lowest BCUT2D eigenvalue weighted by Crippen LogP contribution is -2.35. The molecule has 1 saturated heterocycles. The van der Waals surface area contributed by atoms with E-state index in [1.165, 1.54) is 0 Å². The summed E-state index contributed by atoms with van der Waals surface area (Å²) >= 11 is 3.44. The minimum absolute atomic E-state index is 0.109. The van der Waals surface area contributed by atoms with Crippen LogP contribution in [-0.2, 0) is 0 Å². The van der Waals surface area contributed by atoms with Crippen LogP contribution in [-0.4, -0.2) is 36.6 Å². The van der Waals surface area contributed by atoms with Gasteiger partial charge in [0.1, 0.15) is 5.76 Å². The summed E-state index contributed by atoms with van der Waals surface area (Å²) in [6.45, 7) is 2.70. The fourth-order valence-electron chi connectivity index (χ4n) is 3.33. The van der Waals surface area contributed by atoms with E-state index >= 15 is 0 Å². The minimum Gasteiger partial charge on any atom is -0.360 e. The highest BCUT2D eigenvalue weighted by molar-refractivity contribution is 9.10. The smallest absolute Gasteiger partial charge is 0.277 e. The van der Waals surface area contributed by atoms with Gasteiger partial charge in [0.25, 0.3) is 11.8 Å². The van der Waals surface area contributed by atoms with Crippen LogP contribution < -0.4 is 16.0 Å². The average molecular weight is 447 g/mol. The van der Waals surface area contributed by atoms with Crippen LogP contribution in [0.2, 0.25) is 0 Å². The molecule has 0 atom stereocenters. The normalized spacial score (nSPS) is 17.3. The van der Waals surface area contributed by atoms with Crippen molar-refractivity contribution in [3.05, 3.63) is 45.8 Å². The lowest BCUT2D eigenvalue weighted by Gasteiger charge is -2.22. The van der Waals surface area contributed by atoms with Crippen LogP contribution in [0.3, 0.4) is 0 Å². The van der Waals surface area contributed by atoms with Gasteiger partial charge in [0.05, 0.1) is 5.69 Å². The van der Waals surface area contributed by atoms with Crippen molar-refractivity contribution in [2.24, 2.45) is 5.92 Å². The molecule has 1 aromatic heterocycles. The van der Waals surface area contributed by atoms with E-state index in [2.05, 4.69) is 37.0 Å². The van der Waals surface area contributed by atoms with Crippen LogP contribution in [0.25, 0.3) is 0 Å². The van der Waals surface area contributed by atoms with Gasteiger partial charge in [-0.2, -0.15) is 0 Å². The lowest BCUT2D eigenvalue weighted by molar-refractivity contribution is 0.0943. The number of hydrogen-bond donors (Lipinski definition) is 3. The van der Waals surface area contributed by atoms with E-state index in [-0.39, 0.29) is 17.5 Å². The van der Waals surface area contributed by atoms with Gasteiger partial charge < -0.3 is 20.5 Å². The van der Waals surface area contributed by atoms with Crippen LogP contribution in [0.15, 0.2) is 33.3 Å². The number of benzene rings is 1. The Morgan fingerprint density at radius 1 is 1.14 bits per heavy atom. The van der Waals surface area contributed by atoms with Gasteiger partial charge in [0.2, 0.25) is 0 Å². The number of halogens is 1. The second-order valence-corrected chi connectivity index (χ2v) is 8.30. The van der Waals surface area contributed by atoms with Gasteiger partial charge in [-0.25, -0.2) is 0 Å². The minimum atomic E-state index is -0.334. The van der Waals surface area contributed by atoms with Gasteiger partial charge in [-0.05, 0) is 78.8 Å². The van der Waals surface area contributed by atoms with E-state index in [1.807, 2.05) is 0 Å². The van der Waals surface area contributed by atoms with Gasteiger partial charge in [0, 0.05) is 28.6 Å². The number of nitrogens with zero attached hydrogens (tertiary/aromatic N) is 1. The molecular weight excluding hydrogens is 424 g/mol. The molecule has 4 rings (SSSR count). The van der Waals surface area contributed by atoms with Crippen molar-refractivity contribution in [3.63, 3.8) is 0 Å². The quantitative estimate of drug-likeness (QED) is 0.632. The Kier molecular flexibility index (Phi) is 5.77. The van der Waals surface area contributed by atoms with Gasteiger partial charge in [0.15, 0.2) is 5.69 Å². The van der Waals surface area contributed by atoms with E-state index in [0.29, 0.717) is 34.1 Å². The van der Waals surface area contributed by atoms with Crippen molar-refractivity contribution >= 4 is 33.4 Å². The first-order chi connectivity index (χ1) is 13.6. The average Bonchev–Trinajstić information content (AvgIpc) is 3.44. The van der Waals surface area contributed by atoms with Gasteiger partial charge >= 0.3 is 0 Å². The molecule has 1 aromatic carbocycles. The second kappa shape index (κ2) is 8.45. The zero-order chi connectivity index (χ0) is 19.5. The summed E-state index contributed by atoms with van der Waals surface area (Å²) in [5.74, 6) is 1.26. The molecule has 2 heterocycles. The summed E-state index contributed by atoms with van der Waals surface area (Å²) < 4.78 is 5.87. The number of carbonyl (C=O) groups excluding carboxylic acids is 2. The first kappa shape index (κ1) is 19.1. The zero-order valence-corrected chi connectivity index (χ0v) is 17.0. The van der Waals surface area contributed by atoms with Crippen LogP contribution in [0, 0.1) is 5.92 Å². The number of anilines is 1. The summed E-state index contributed by atoms with van der Waals surface area (Å²) in [5.41, 5.74) is 1.39. The Hall–Kier alpha value is -2.19. The first-order valence-corrected chi connectivity index (χ1v) is 10.5. The molecule has 0 bridgehead atoms. The predicted octanol–water partition coefficient (Wildman–Crippen LogP) is 3.30. The zero-order valence-electron chi connectivity index (χ0n) is 15.5. The van der Waals surface area contributed by atoms with E-state index < -0.39 is 0 Å². The predicted molar refractivity (Wildman–Crippen MR) is 109 cm³/mol. The van der Waals surface area contributed by atoms with Crippen LogP contribution in [0.4, 0.5) is 5.69 Å². The number of rotatable bonds is 6. The molecule has 0 radical (unpaired) electrons. The van der Waals surface area contributed by atoms with Crippen molar-refractivity contribution in [2.75, 3.05) is 25.0 Å². The molecule has 8 heteroatoms. The third kappa shape index (κ3) is 4.62. The molecule has 3 N–H and O–H groups in total. The van der Waals surface area contributed by atoms with Crippen molar-refractivity contribution < 1.29 is 14.1 Å². The Bertz CT molecular complexity index is 872. The summed E-state index contributed by atoms with van der Waals surface area (Å²) in [6, 6.07) is 6.83. The highest BCUT2D eigenvalue weighted by Gasteiger charge is 2.29. The molecular formula is C20H23BrN4O3. The summed E-state index contributed by atoms with van der Waals surface area (Å²) in [6.07, 6.45) is 4.34.